The third-order valence-electron chi connectivity index (χ3n) is 4.39. The molecule has 2 aromatic heterocycles. The van der Waals surface area contributed by atoms with Gasteiger partial charge in [0, 0.05) is 41.8 Å². The van der Waals surface area contributed by atoms with Crippen molar-refractivity contribution in [1.82, 2.24) is 14.8 Å². The molecule has 4 nitrogen and oxygen atoms in total. The van der Waals surface area contributed by atoms with E-state index >= 15 is 0 Å². The molecule has 4 aromatic rings. The Morgan fingerprint density at radius 3 is 2.54 bits per heavy atom. The minimum Gasteiger partial charge on any atom is -0.480 e. The molecule has 1 N–H and O–H groups in total. The van der Waals surface area contributed by atoms with Crippen molar-refractivity contribution in [2.24, 2.45) is 7.05 Å². The molecule has 120 valence electrons. The van der Waals surface area contributed by atoms with E-state index in [0.717, 1.165) is 11.1 Å². The van der Waals surface area contributed by atoms with Crippen molar-refractivity contribution in [3.05, 3.63) is 83.7 Å². The lowest BCUT2D eigenvalue weighted by molar-refractivity contribution is 0.387. The van der Waals surface area contributed by atoms with Crippen molar-refractivity contribution in [3.8, 4) is 5.88 Å². The number of aromatic amines is 1. The number of fused-ring (bicyclic) bond motifs is 1. The lowest BCUT2D eigenvalue weighted by Gasteiger charge is -2.17. The highest BCUT2D eigenvalue weighted by atomic mass is 16.5. The molecule has 1 atom stereocenters. The molecule has 0 aliphatic rings. The monoisotopic (exact) mass is 317 g/mol. The second-order valence-corrected chi connectivity index (χ2v) is 5.90. The Balaban J connectivity index is 1.97. The summed E-state index contributed by atoms with van der Waals surface area (Å²) in [6.45, 7) is 0. The maximum Gasteiger partial charge on any atom is 0.236 e. The Bertz CT molecular complexity index is 969. The average Bonchev–Trinajstić information content (AvgIpc) is 3.20. The van der Waals surface area contributed by atoms with Gasteiger partial charge in [-0.2, -0.15) is 0 Å². The smallest absolute Gasteiger partial charge is 0.236 e. The van der Waals surface area contributed by atoms with Crippen molar-refractivity contribution in [2.75, 3.05) is 7.11 Å². The summed E-state index contributed by atoms with van der Waals surface area (Å²) in [5, 5.41) is 5.67. The highest BCUT2D eigenvalue weighted by molar-refractivity contribution is 5.85. The molecule has 0 spiro atoms. The van der Waals surface area contributed by atoms with Gasteiger partial charge in [-0.05, 0) is 17.2 Å². The number of ether oxygens (including phenoxy) is 1. The lowest BCUT2D eigenvalue weighted by Crippen LogP contribution is -2.03. The Morgan fingerprint density at radius 1 is 1.00 bits per heavy atom. The highest BCUT2D eigenvalue weighted by Gasteiger charge is 2.25. The Kier molecular flexibility index (Phi) is 3.58. The van der Waals surface area contributed by atoms with Crippen molar-refractivity contribution in [2.45, 2.75) is 5.92 Å². The van der Waals surface area contributed by atoms with E-state index in [9.17, 15) is 0 Å². The van der Waals surface area contributed by atoms with Gasteiger partial charge in [-0.15, -0.1) is 5.10 Å². The maximum absolute atomic E-state index is 5.54. The lowest BCUT2D eigenvalue weighted by atomic mass is 9.86. The van der Waals surface area contributed by atoms with E-state index in [-0.39, 0.29) is 5.92 Å². The van der Waals surface area contributed by atoms with Crippen LogP contribution in [0.1, 0.15) is 22.6 Å². The summed E-state index contributed by atoms with van der Waals surface area (Å²) in [5.74, 6) is 0.725. The number of hydrogen-bond acceptors (Lipinski definition) is 2. The normalized spacial score (nSPS) is 12.4. The number of nitrogens with zero attached hydrogens (tertiary/aromatic N) is 2. The van der Waals surface area contributed by atoms with Gasteiger partial charge in [-0.3, -0.25) is 4.68 Å². The van der Waals surface area contributed by atoms with E-state index in [2.05, 4.69) is 58.7 Å². The molecule has 0 bridgehead atoms. The molecule has 0 saturated heterocycles. The van der Waals surface area contributed by atoms with E-state index in [4.69, 9.17) is 4.74 Å². The minimum atomic E-state index is 0.0611. The van der Waals surface area contributed by atoms with Crippen LogP contribution >= 0.6 is 0 Å². The van der Waals surface area contributed by atoms with Gasteiger partial charge in [-0.25, -0.2) is 0 Å². The van der Waals surface area contributed by atoms with Crippen LogP contribution in [-0.4, -0.2) is 21.9 Å². The first-order chi connectivity index (χ1) is 11.8. The van der Waals surface area contributed by atoms with Crippen molar-refractivity contribution in [1.29, 1.82) is 0 Å². The number of hydrogen-bond donors (Lipinski definition) is 1. The van der Waals surface area contributed by atoms with Crippen LogP contribution in [0.3, 0.4) is 0 Å². The highest BCUT2D eigenvalue weighted by Crippen LogP contribution is 2.39. The molecule has 2 heterocycles. The minimum absolute atomic E-state index is 0.0611. The summed E-state index contributed by atoms with van der Waals surface area (Å²) < 4.78 is 7.34. The van der Waals surface area contributed by atoms with Gasteiger partial charge in [0.15, 0.2) is 0 Å². The molecule has 24 heavy (non-hydrogen) atoms. The fraction of sp³-hybridized carbons (Fsp3) is 0.150. The number of methoxy groups -OCH3 is 1. The number of aryl methyl sites for hydroxylation is 1. The summed E-state index contributed by atoms with van der Waals surface area (Å²) in [6.07, 6.45) is 4.13. The standard InChI is InChI=1S/C20H19N3O/c1-23-13-17(20(22-23)24-2)19(14-8-4-3-5-9-14)16-12-21-18-11-7-6-10-15(16)18/h3-13,19,21H,1-2H3. The summed E-state index contributed by atoms with van der Waals surface area (Å²) >= 11 is 0. The SMILES string of the molecule is COc1nn(C)cc1C(c1ccccc1)c1c[nH]c2ccccc12. The molecule has 4 heteroatoms. The summed E-state index contributed by atoms with van der Waals surface area (Å²) in [4.78, 5) is 3.38. The molecule has 0 amide bonds. The van der Waals surface area contributed by atoms with Crippen LogP contribution in [0.5, 0.6) is 5.88 Å². The number of H-pyrrole nitrogens is 1. The van der Waals surface area contributed by atoms with E-state index in [1.54, 1.807) is 11.8 Å². The predicted molar refractivity (Wildman–Crippen MR) is 95.4 cm³/mol. The molecular formula is C20H19N3O. The molecule has 4 rings (SSSR count). The Morgan fingerprint density at radius 2 is 1.75 bits per heavy atom. The van der Waals surface area contributed by atoms with Crippen LogP contribution in [0, 0.1) is 0 Å². The first kappa shape index (κ1) is 14.6. The van der Waals surface area contributed by atoms with E-state index in [0.29, 0.717) is 5.88 Å². The number of aromatic nitrogens is 3. The summed E-state index contributed by atoms with van der Waals surface area (Å²) in [5.41, 5.74) is 4.64. The number of nitrogens with one attached hydrogen (secondary N) is 1. The van der Waals surface area contributed by atoms with Crippen LogP contribution in [-0.2, 0) is 7.05 Å². The largest absolute Gasteiger partial charge is 0.480 e. The molecule has 0 aliphatic heterocycles. The first-order valence-corrected chi connectivity index (χ1v) is 7.96. The van der Waals surface area contributed by atoms with Crippen LogP contribution in [0.15, 0.2) is 67.0 Å². The summed E-state index contributed by atoms with van der Waals surface area (Å²) in [6, 6.07) is 18.8. The first-order valence-electron chi connectivity index (χ1n) is 7.96. The van der Waals surface area contributed by atoms with E-state index in [1.807, 2.05) is 25.4 Å². The van der Waals surface area contributed by atoms with Crippen molar-refractivity contribution < 1.29 is 4.74 Å². The summed E-state index contributed by atoms with van der Waals surface area (Å²) in [7, 11) is 3.59. The topological polar surface area (TPSA) is 42.8 Å². The molecule has 1 unspecified atom stereocenters. The third kappa shape index (κ3) is 2.36. The zero-order chi connectivity index (χ0) is 16.5. The molecule has 0 aliphatic carbocycles. The maximum atomic E-state index is 5.54. The van der Waals surface area contributed by atoms with Crippen molar-refractivity contribution >= 4 is 10.9 Å². The fourth-order valence-electron chi connectivity index (χ4n) is 3.35. The zero-order valence-electron chi connectivity index (χ0n) is 13.7. The Hall–Kier alpha value is -3.01. The van der Waals surface area contributed by atoms with Crippen LogP contribution in [0.4, 0.5) is 0 Å². The van der Waals surface area contributed by atoms with Gasteiger partial charge < -0.3 is 9.72 Å². The third-order valence-corrected chi connectivity index (χ3v) is 4.39. The molecule has 0 fully saturated rings. The van der Waals surface area contributed by atoms with E-state index < -0.39 is 0 Å². The molecule has 2 aromatic carbocycles. The molecule has 0 saturated carbocycles. The van der Waals surface area contributed by atoms with Crippen molar-refractivity contribution in [3.63, 3.8) is 0 Å². The van der Waals surface area contributed by atoms with Gasteiger partial charge in [-0.1, -0.05) is 48.5 Å². The predicted octanol–water partition coefficient (Wildman–Crippen LogP) is 4.09. The van der Waals surface area contributed by atoms with Crippen LogP contribution in [0.2, 0.25) is 0 Å². The van der Waals surface area contributed by atoms with Gasteiger partial charge >= 0.3 is 0 Å². The van der Waals surface area contributed by atoms with Gasteiger partial charge in [0.05, 0.1) is 7.11 Å². The second kappa shape index (κ2) is 5.89. The van der Waals surface area contributed by atoms with Crippen LogP contribution < -0.4 is 4.74 Å². The average molecular weight is 317 g/mol. The Labute approximate surface area is 140 Å². The zero-order valence-corrected chi connectivity index (χ0v) is 13.7. The molecule has 0 radical (unpaired) electrons. The quantitative estimate of drug-likeness (QED) is 0.616. The van der Waals surface area contributed by atoms with Gasteiger partial charge in [0.2, 0.25) is 5.88 Å². The van der Waals surface area contributed by atoms with Gasteiger partial charge in [0.25, 0.3) is 0 Å². The second-order valence-electron chi connectivity index (χ2n) is 5.90. The van der Waals surface area contributed by atoms with E-state index in [1.165, 1.54) is 16.5 Å². The fourth-order valence-corrected chi connectivity index (χ4v) is 3.35. The number of rotatable bonds is 4. The van der Waals surface area contributed by atoms with Crippen LogP contribution in [0.25, 0.3) is 10.9 Å². The molecular weight excluding hydrogens is 298 g/mol. The number of para-hydroxylation sites is 1. The number of benzene rings is 2. The van der Waals surface area contributed by atoms with Gasteiger partial charge in [0.1, 0.15) is 0 Å².